The van der Waals surface area contributed by atoms with Crippen molar-refractivity contribution in [2.24, 2.45) is 5.92 Å². The zero-order valence-electron chi connectivity index (χ0n) is 13.0. The Kier molecular flexibility index (Phi) is 4.10. The molecule has 0 amide bonds. The molecule has 108 valence electrons. The second kappa shape index (κ2) is 5.19. The van der Waals surface area contributed by atoms with E-state index >= 15 is 0 Å². The molecule has 1 fully saturated rings. The molecule has 1 aromatic heterocycles. The zero-order chi connectivity index (χ0) is 14.3. The van der Waals surface area contributed by atoms with Crippen molar-refractivity contribution >= 4 is 11.3 Å². The molecule has 19 heavy (non-hydrogen) atoms. The predicted octanol–water partition coefficient (Wildman–Crippen LogP) is 4.16. The van der Waals surface area contributed by atoms with Crippen LogP contribution >= 0.6 is 11.3 Å². The molecule has 1 aliphatic rings. The highest BCUT2D eigenvalue weighted by atomic mass is 32.1. The minimum atomic E-state index is -0.0772. The average Bonchev–Trinajstić information content (AvgIpc) is 2.82. The van der Waals surface area contributed by atoms with Gasteiger partial charge in [-0.15, -0.1) is 11.3 Å². The van der Waals surface area contributed by atoms with Crippen molar-refractivity contribution in [3.8, 4) is 0 Å². The summed E-state index contributed by atoms with van der Waals surface area (Å²) in [5.41, 5.74) is 1.38. The summed E-state index contributed by atoms with van der Waals surface area (Å²) in [5.74, 6) is 0.511. The van der Waals surface area contributed by atoms with Crippen LogP contribution in [0, 0.1) is 5.92 Å². The Morgan fingerprint density at radius 1 is 1.42 bits per heavy atom. The Morgan fingerprint density at radius 3 is 2.58 bits per heavy atom. The molecule has 1 saturated heterocycles. The van der Waals surface area contributed by atoms with E-state index < -0.39 is 0 Å². The highest BCUT2D eigenvalue weighted by Gasteiger charge is 2.49. The lowest BCUT2D eigenvalue weighted by Gasteiger charge is -2.33. The lowest BCUT2D eigenvalue weighted by molar-refractivity contribution is -0.0775. The zero-order valence-corrected chi connectivity index (χ0v) is 13.9. The van der Waals surface area contributed by atoms with Gasteiger partial charge in [0.05, 0.1) is 11.2 Å². The van der Waals surface area contributed by atoms with E-state index in [4.69, 9.17) is 4.74 Å². The van der Waals surface area contributed by atoms with Crippen LogP contribution in [0.4, 0.5) is 0 Å². The normalized spacial score (nSPS) is 26.5. The van der Waals surface area contributed by atoms with Gasteiger partial charge in [-0.1, -0.05) is 6.92 Å². The molecular weight excluding hydrogens is 254 g/mol. The van der Waals surface area contributed by atoms with Crippen LogP contribution in [0.1, 0.15) is 57.5 Å². The van der Waals surface area contributed by atoms with Gasteiger partial charge in [-0.05, 0) is 64.6 Å². The van der Waals surface area contributed by atoms with Crippen LogP contribution in [0.25, 0.3) is 0 Å². The lowest BCUT2D eigenvalue weighted by Crippen LogP contribution is -2.37. The SMILES string of the molecule is CCc1ccsc1C(NC)C1CC(C)(C)OC1(C)C. The van der Waals surface area contributed by atoms with E-state index in [1.54, 1.807) is 0 Å². The second-order valence-electron chi connectivity index (χ2n) is 6.71. The van der Waals surface area contributed by atoms with Gasteiger partial charge in [0, 0.05) is 16.8 Å². The third-order valence-electron chi connectivity index (χ3n) is 4.30. The number of hydrogen-bond acceptors (Lipinski definition) is 3. The first-order valence-electron chi connectivity index (χ1n) is 7.24. The molecule has 2 rings (SSSR count). The van der Waals surface area contributed by atoms with Crippen molar-refractivity contribution in [3.63, 3.8) is 0 Å². The molecule has 2 atom stereocenters. The van der Waals surface area contributed by atoms with E-state index in [0.717, 1.165) is 12.8 Å². The molecule has 0 spiro atoms. The maximum absolute atomic E-state index is 6.27. The van der Waals surface area contributed by atoms with Crippen molar-refractivity contribution in [3.05, 3.63) is 21.9 Å². The van der Waals surface area contributed by atoms with Crippen LogP contribution in [0.5, 0.6) is 0 Å². The van der Waals surface area contributed by atoms with Gasteiger partial charge >= 0.3 is 0 Å². The molecule has 2 unspecified atom stereocenters. The van der Waals surface area contributed by atoms with Crippen LogP contribution in [0.3, 0.4) is 0 Å². The van der Waals surface area contributed by atoms with E-state index in [0.29, 0.717) is 12.0 Å². The summed E-state index contributed by atoms with van der Waals surface area (Å²) < 4.78 is 6.27. The lowest BCUT2D eigenvalue weighted by atomic mass is 9.80. The molecule has 0 aromatic carbocycles. The van der Waals surface area contributed by atoms with Gasteiger partial charge in [0.1, 0.15) is 0 Å². The molecule has 2 heterocycles. The Labute approximate surface area is 121 Å². The van der Waals surface area contributed by atoms with E-state index in [9.17, 15) is 0 Å². The molecule has 0 bridgehead atoms. The monoisotopic (exact) mass is 281 g/mol. The fraction of sp³-hybridized carbons (Fsp3) is 0.750. The quantitative estimate of drug-likeness (QED) is 0.894. The Bertz CT molecular complexity index is 436. The molecule has 0 aliphatic carbocycles. The maximum atomic E-state index is 6.27. The summed E-state index contributed by atoms with van der Waals surface area (Å²) in [4.78, 5) is 1.49. The molecule has 1 aromatic rings. The minimum Gasteiger partial charge on any atom is -0.369 e. The number of nitrogens with one attached hydrogen (secondary N) is 1. The topological polar surface area (TPSA) is 21.3 Å². The summed E-state index contributed by atoms with van der Waals surface area (Å²) in [6.07, 6.45) is 2.21. The van der Waals surface area contributed by atoms with Gasteiger partial charge in [0.15, 0.2) is 0 Å². The highest BCUT2D eigenvalue weighted by molar-refractivity contribution is 7.10. The van der Waals surface area contributed by atoms with E-state index in [1.807, 2.05) is 11.3 Å². The van der Waals surface area contributed by atoms with Crippen molar-refractivity contribution in [1.82, 2.24) is 5.32 Å². The van der Waals surface area contributed by atoms with E-state index in [-0.39, 0.29) is 11.2 Å². The third-order valence-corrected chi connectivity index (χ3v) is 5.34. The summed E-state index contributed by atoms with van der Waals surface area (Å²) >= 11 is 1.88. The summed E-state index contributed by atoms with van der Waals surface area (Å²) in [6, 6.07) is 2.66. The highest BCUT2D eigenvalue weighted by Crippen LogP contribution is 2.48. The predicted molar refractivity (Wildman–Crippen MR) is 82.8 cm³/mol. The Morgan fingerprint density at radius 2 is 2.11 bits per heavy atom. The number of rotatable bonds is 4. The first kappa shape index (κ1) is 15.0. The van der Waals surface area contributed by atoms with E-state index in [1.165, 1.54) is 10.4 Å². The van der Waals surface area contributed by atoms with Gasteiger partial charge < -0.3 is 10.1 Å². The summed E-state index contributed by atoms with van der Waals surface area (Å²) in [7, 11) is 2.07. The first-order valence-corrected chi connectivity index (χ1v) is 8.12. The molecule has 0 radical (unpaired) electrons. The molecule has 0 saturated carbocycles. The molecule has 1 aliphatic heterocycles. The number of ether oxygens (including phenoxy) is 1. The van der Waals surface area contributed by atoms with E-state index in [2.05, 4.69) is 58.4 Å². The standard InChI is InChI=1S/C16H27NOS/c1-7-11-8-9-19-14(11)13(17-6)12-10-15(2,3)18-16(12,4)5/h8-9,12-13,17H,7,10H2,1-6H3. The van der Waals surface area contributed by atoms with Gasteiger partial charge in [0.25, 0.3) is 0 Å². The van der Waals surface area contributed by atoms with Crippen LogP contribution in [-0.2, 0) is 11.2 Å². The molecule has 2 nitrogen and oxygen atoms in total. The van der Waals surface area contributed by atoms with Crippen molar-refractivity contribution < 1.29 is 4.74 Å². The molecular formula is C16H27NOS. The Hall–Kier alpha value is -0.380. The van der Waals surface area contributed by atoms with Gasteiger partial charge in [-0.2, -0.15) is 0 Å². The van der Waals surface area contributed by atoms with Gasteiger partial charge in [-0.25, -0.2) is 0 Å². The van der Waals surface area contributed by atoms with Crippen LogP contribution in [-0.4, -0.2) is 18.2 Å². The average molecular weight is 281 g/mol. The summed E-state index contributed by atoms with van der Waals surface area (Å²) in [5, 5.41) is 5.76. The van der Waals surface area contributed by atoms with Gasteiger partial charge in [-0.3, -0.25) is 0 Å². The minimum absolute atomic E-state index is 0.0209. The van der Waals surface area contributed by atoms with Gasteiger partial charge in [0.2, 0.25) is 0 Å². The van der Waals surface area contributed by atoms with Crippen LogP contribution in [0.2, 0.25) is 0 Å². The van der Waals surface area contributed by atoms with Crippen molar-refractivity contribution in [2.45, 2.75) is 64.7 Å². The maximum Gasteiger partial charge on any atom is 0.0681 e. The second-order valence-corrected chi connectivity index (χ2v) is 7.65. The van der Waals surface area contributed by atoms with Crippen molar-refractivity contribution in [2.75, 3.05) is 7.05 Å². The smallest absolute Gasteiger partial charge is 0.0681 e. The fourth-order valence-corrected chi connectivity index (χ4v) is 4.72. The molecule has 1 N–H and O–H groups in total. The third kappa shape index (κ3) is 2.88. The Balaban J connectivity index is 2.33. The first-order chi connectivity index (χ1) is 8.80. The fourth-order valence-electron chi connectivity index (χ4n) is 3.55. The molecule has 3 heteroatoms. The largest absolute Gasteiger partial charge is 0.369 e. The van der Waals surface area contributed by atoms with Crippen LogP contribution < -0.4 is 5.32 Å². The number of aryl methyl sites for hydroxylation is 1. The van der Waals surface area contributed by atoms with Crippen molar-refractivity contribution in [1.29, 1.82) is 0 Å². The number of thiophene rings is 1. The van der Waals surface area contributed by atoms with Crippen LogP contribution in [0.15, 0.2) is 11.4 Å². The summed E-state index contributed by atoms with van der Waals surface area (Å²) in [6.45, 7) is 11.1. The number of hydrogen-bond donors (Lipinski definition) is 1.